The summed E-state index contributed by atoms with van der Waals surface area (Å²) in [6, 6.07) is 16.9. The zero-order valence-electron chi connectivity index (χ0n) is 17.6. The lowest BCUT2D eigenvalue weighted by atomic mass is 10.0. The molecule has 2 saturated heterocycles. The second-order valence-corrected chi connectivity index (χ2v) is 9.89. The van der Waals surface area contributed by atoms with Gasteiger partial charge in [-0.25, -0.2) is 4.79 Å². The highest BCUT2D eigenvalue weighted by atomic mass is 35.5. The number of carbonyl (C=O) groups is 2. The van der Waals surface area contributed by atoms with Crippen LogP contribution < -0.4 is 10.2 Å². The van der Waals surface area contributed by atoms with E-state index in [1.54, 1.807) is 12.1 Å². The van der Waals surface area contributed by atoms with Crippen LogP contribution in [0, 0.1) is 0 Å². The van der Waals surface area contributed by atoms with E-state index in [9.17, 15) is 9.59 Å². The summed E-state index contributed by atoms with van der Waals surface area (Å²) in [4.78, 5) is 30.9. The van der Waals surface area contributed by atoms with Gasteiger partial charge in [0.15, 0.2) is 0 Å². The molecule has 168 valence electrons. The molecule has 0 spiro atoms. The van der Waals surface area contributed by atoms with Gasteiger partial charge in [-0.1, -0.05) is 65.9 Å². The molecule has 2 fully saturated rings. The van der Waals surface area contributed by atoms with Crippen LogP contribution in [0.3, 0.4) is 0 Å². The molecule has 2 aliphatic rings. The van der Waals surface area contributed by atoms with Crippen molar-refractivity contribution in [3.63, 3.8) is 0 Å². The Morgan fingerprint density at radius 2 is 1.72 bits per heavy atom. The summed E-state index contributed by atoms with van der Waals surface area (Å²) < 4.78 is 0.821. The molecule has 0 radical (unpaired) electrons. The first kappa shape index (κ1) is 22.9. The summed E-state index contributed by atoms with van der Waals surface area (Å²) in [6.45, 7) is 3.92. The third-order valence-corrected chi connectivity index (χ3v) is 7.45. The zero-order valence-corrected chi connectivity index (χ0v) is 20.0. The number of rotatable bonds is 5. The number of urea groups is 1. The minimum atomic E-state index is -0.357. The summed E-state index contributed by atoms with van der Waals surface area (Å²) in [6.07, 6.45) is 0.240. The third-order valence-electron chi connectivity index (χ3n) is 5.69. The average molecular weight is 489 g/mol. The van der Waals surface area contributed by atoms with Gasteiger partial charge < -0.3 is 15.1 Å². The van der Waals surface area contributed by atoms with Crippen molar-refractivity contribution in [2.75, 3.05) is 43.4 Å². The molecule has 0 aromatic heterocycles. The van der Waals surface area contributed by atoms with Crippen LogP contribution in [-0.2, 0) is 4.79 Å². The number of thioether (sulfide) groups is 1. The van der Waals surface area contributed by atoms with Gasteiger partial charge in [0.1, 0.15) is 4.32 Å². The maximum Gasteiger partial charge on any atom is 0.324 e. The molecular formula is C23H25ClN4O2S2. The van der Waals surface area contributed by atoms with E-state index in [1.807, 2.05) is 18.2 Å². The van der Waals surface area contributed by atoms with E-state index >= 15 is 0 Å². The van der Waals surface area contributed by atoms with E-state index < -0.39 is 0 Å². The predicted octanol–water partition coefficient (Wildman–Crippen LogP) is 4.16. The number of piperazine rings is 1. The van der Waals surface area contributed by atoms with Gasteiger partial charge in [-0.2, -0.15) is 0 Å². The number of thiocarbonyl (C=S) groups is 1. The van der Waals surface area contributed by atoms with E-state index in [-0.39, 0.29) is 24.4 Å². The molecule has 32 heavy (non-hydrogen) atoms. The molecular weight excluding hydrogens is 464 g/mol. The summed E-state index contributed by atoms with van der Waals surface area (Å²) in [5, 5.41) is 3.54. The van der Waals surface area contributed by atoms with Crippen molar-refractivity contribution >= 4 is 57.5 Å². The topological polar surface area (TPSA) is 55.9 Å². The smallest absolute Gasteiger partial charge is 0.324 e. The molecule has 2 aromatic rings. The number of halogens is 1. The molecule has 2 aliphatic heterocycles. The third kappa shape index (κ3) is 5.54. The number of imide groups is 1. The van der Waals surface area contributed by atoms with Crippen LogP contribution in [0.15, 0.2) is 54.6 Å². The molecule has 0 saturated carbocycles. The number of nitrogens with zero attached hydrogens (tertiary/aromatic N) is 3. The monoisotopic (exact) mass is 488 g/mol. The molecule has 3 amide bonds. The van der Waals surface area contributed by atoms with Crippen molar-refractivity contribution < 1.29 is 9.59 Å². The molecule has 0 bridgehead atoms. The van der Waals surface area contributed by atoms with E-state index in [2.05, 4.69) is 39.4 Å². The van der Waals surface area contributed by atoms with Crippen LogP contribution in [0.25, 0.3) is 0 Å². The van der Waals surface area contributed by atoms with E-state index in [1.165, 1.54) is 22.3 Å². The van der Waals surface area contributed by atoms with Crippen LogP contribution in [0.4, 0.5) is 10.5 Å². The van der Waals surface area contributed by atoms with Crippen molar-refractivity contribution in [3.05, 3.63) is 65.2 Å². The van der Waals surface area contributed by atoms with Gasteiger partial charge in [0.2, 0.25) is 5.91 Å². The first-order valence-corrected chi connectivity index (χ1v) is 12.4. The van der Waals surface area contributed by atoms with Gasteiger partial charge in [0.25, 0.3) is 0 Å². The number of nitrogens with one attached hydrogen (secondary N) is 1. The van der Waals surface area contributed by atoms with Crippen LogP contribution in [0.5, 0.6) is 0 Å². The van der Waals surface area contributed by atoms with Crippen LogP contribution in [0.2, 0.25) is 5.02 Å². The second-order valence-electron chi connectivity index (χ2n) is 7.73. The van der Waals surface area contributed by atoms with Gasteiger partial charge in [-0.05, 0) is 29.8 Å². The largest absolute Gasteiger partial charge is 0.368 e. The lowest BCUT2D eigenvalue weighted by Crippen LogP contribution is -2.52. The van der Waals surface area contributed by atoms with E-state index in [0.717, 1.165) is 36.1 Å². The van der Waals surface area contributed by atoms with E-state index in [0.29, 0.717) is 17.3 Å². The fraction of sp³-hybridized carbons (Fsp3) is 0.348. The standard InChI is InChI=1S/C23H25ClN4O2S2/c24-18-8-6-17(7-9-18)20-16-21(29)28(22(30)25-20)14-15-32-23(31)27-12-10-26(11-13-27)19-4-2-1-3-5-19/h1-9,20H,10-16H2,(H,25,30). The minimum absolute atomic E-state index is 0.170. The number of hydrogen-bond donors (Lipinski definition) is 1. The lowest BCUT2D eigenvalue weighted by molar-refractivity contribution is -0.130. The van der Waals surface area contributed by atoms with Crippen LogP contribution in [-0.4, -0.2) is 64.5 Å². The second kappa shape index (κ2) is 10.6. The SMILES string of the molecule is O=C1CC(c2ccc(Cl)cc2)NC(=O)N1CCSC(=S)N1CCN(c2ccccc2)CC1. The molecule has 2 heterocycles. The van der Waals surface area contributed by atoms with Crippen molar-refractivity contribution in [3.8, 4) is 0 Å². The quantitative estimate of drug-likeness (QED) is 0.638. The Bertz CT molecular complexity index is 948. The van der Waals surface area contributed by atoms with Crippen molar-refractivity contribution in [1.82, 2.24) is 15.1 Å². The average Bonchev–Trinajstić information content (AvgIpc) is 2.81. The van der Waals surface area contributed by atoms with E-state index in [4.69, 9.17) is 23.8 Å². The van der Waals surface area contributed by atoms with Gasteiger partial charge in [0, 0.05) is 49.2 Å². The lowest BCUT2D eigenvalue weighted by Gasteiger charge is -2.37. The predicted molar refractivity (Wildman–Crippen MR) is 134 cm³/mol. The number of amides is 3. The van der Waals surface area contributed by atoms with Gasteiger partial charge in [0.05, 0.1) is 12.5 Å². The first-order chi connectivity index (χ1) is 15.5. The highest BCUT2D eigenvalue weighted by Gasteiger charge is 2.32. The van der Waals surface area contributed by atoms with Gasteiger partial charge in [-0.15, -0.1) is 0 Å². The van der Waals surface area contributed by atoms with Crippen molar-refractivity contribution in [2.24, 2.45) is 0 Å². The Labute approximate surface area is 202 Å². The number of hydrogen-bond acceptors (Lipinski definition) is 5. The number of para-hydroxylation sites is 1. The highest BCUT2D eigenvalue weighted by molar-refractivity contribution is 8.22. The Morgan fingerprint density at radius 1 is 1.03 bits per heavy atom. The molecule has 1 unspecified atom stereocenters. The fourth-order valence-corrected chi connectivity index (χ4v) is 5.27. The molecule has 9 heteroatoms. The van der Waals surface area contributed by atoms with Gasteiger partial charge >= 0.3 is 6.03 Å². The maximum atomic E-state index is 12.6. The van der Waals surface area contributed by atoms with Crippen molar-refractivity contribution in [2.45, 2.75) is 12.5 Å². The summed E-state index contributed by atoms with van der Waals surface area (Å²) in [5.74, 6) is 0.416. The summed E-state index contributed by atoms with van der Waals surface area (Å²) in [5.41, 5.74) is 2.11. The number of anilines is 1. The molecule has 2 aromatic carbocycles. The molecule has 1 atom stereocenters. The molecule has 6 nitrogen and oxygen atoms in total. The Kier molecular flexibility index (Phi) is 7.55. The highest BCUT2D eigenvalue weighted by Crippen LogP contribution is 2.24. The minimum Gasteiger partial charge on any atom is -0.368 e. The van der Waals surface area contributed by atoms with Crippen LogP contribution in [0.1, 0.15) is 18.0 Å². The normalized spacial score (nSPS) is 19.2. The Balaban J connectivity index is 1.21. The number of carbonyl (C=O) groups excluding carboxylic acids is 2. The number of benzene rings is 2. The summed E-state index contributed by atoms with van der Waals surface area (Å²) >= 11 is 13.1. The summed E-state index contributed by atoms with van der Waals surface area (Å²) in [7, 11) is 0. The zero-order chi connectivity index (χ0) is 22.5. The maximum absolute atomic E-state index is 12.6. The first-order valence-electron chi connectivity index (χ1n) is 10.6. The van der Waals surface area contributed by atoms with Crippen molar-refractivity contribution in [1.29, 1.82) is 0 Å². The van der Waals surface area contributed by atoms with Gasteiger partial charge in [-0.3, -0.25) is 9.69 Å². The molecule has 1 N–H and O–H groups in total. The fourth-order valence-electron chi connectivity index (χ4n) is 3.90. The Hall–Kier alpha value is -2.29. The molecule has 0 aliphatic carbocycles. The molecule has 4 rings (SSSR count). The Morgan fingerprint density at radius 3 is 2.38 bits per heavy atom. The van der Waals surface area contributed by atoms with Crippen LogP contribution >= 0.6 is 35.6 Å².